The van der Waals surface area contributed by atoms with Crippen molar-refractivity contribution in [2.24, 2.45) is 0 Å². The Bertz CT molecular complexity index is 560. The van der Waals surface area contributed by atoms with Crippen LogP contribution >= 0.6 is 23.4 Å². The van der Waals surface area contributed by atoms with E-state index < -0.39 is 0 Å². The number of rotatable bonds is 3. The molecule has 1 heterocycles. The van der Waals surface area contributed by atoms with Crippen LogP contribution in [0.4, 0.5) is 5.69 Å². The molecule has 1 aromatic heterocycles. The number of nitrogens with zero attached hydrogens (tertiary/aromatic N) is 2. The number of hydrogen-bond donors (Lipinski definition) is 1. The molecule has 0 aliphatic carbocycles. The lowest BCUT2D eigenvalue weighted by molar-refractivity contribution is 0.463. The van der Waals surface area contributed by atoms with Crippen LogP contribution in [0.3, 0.4) is 0 Å². The second-order valence-corrected chi connectivity index (χ2v) is 4.79. The Morgan fingerprint density at radius 1 is 1.22 bits per heavy atom. The number of aryl methyl sites for hydroxylation is 1. The number of ether oxygens (including phenoxy) is 1. The fraction of sp³-hybridized carbons (Fsp3) is 0.167. The molecule has 2 aromatic rings. The quantitative estimate of drug-likeness (QED) is 0.689. The van der Waals surface area contributed by atoms with Crippen molar-refractivity contribution in [3.63, 3.8) is 0 Å². The summed E-state index contributed by atoms with van der Waals surface area (Å²) in [6.45, 7) is 1.76. The normalized spacial score (nSPS) is 10.4. The maximum atomic E-state index is 5.84. The van der Waals surface area contributed by atoms with E-state index in [9.17, 15) is 0 Å². The molecule has 0 amide bonds. The first kappa shape index (κ1) is 13.0. The average Bonchev–Trinajstić information content (AvgIpc) is 2.36. The van der Waals surface area contributed by atoms with Gasteiger partial charge in [-0.3, -0.25) is 0 Å². The van der Waals surface area contributed by atoms with Crippen molar-refractivity contribution in [2.45, 2.75) is 11.8 Å². The maximum Gasteiger partial charge on any atom is 0.247 e. The standard InChI is InChI=1S/C12H12ClN3OS/c1-7-10(14)11(16-12(13)15-7)17-8-3-5-9(18-2)6-4-8/h3-6H,14H2,1-2H3. The fourth-order valence-electron chi connectivity index (χ4n) is 1.36. The van der Waals surface area contributed by atoms with E-state index in [0.717, 1.165) is 4.90 Å². The monoisotopic (exact) mass is 281 g/mol. The summed E-state index contributed by atoms with van der Waals surface area (Å²) in [6, 6.07) is 7.64. The van der Waals surface area contributed by atoms with E-state index in [1.165, 1.54) is 0 Å². The van der Waals surface area contributed by atoms with Crippen molar-refractivity contribution < 1.29 is 4.74 Å². The summed E-state index contributed by atoms with van der Waals surface area (Å²) >= 11 is 7.44. The second kappa shape index (κ2) is 5.46. The Labute approximate surface area is 115 Å². The first-order chi connectivity index (χ1) is 8.60. The van der Waals surface area contributed by atoms with Gasteiger partial charge < -0.3 is 10.5 Å². The first-order valence-electron chi connectivity index (χ1n) is 5.21. The summed E-state index contributed by atoms with van der Waals surface area (Å²) in [6.07, 6.45) is 2.02. The predicted octanol–water partition coefficient (Wildman–Crippen LogP) is 3.53. The molecule has 2 N–H and O–H groups in total. The number of aromatic nitrogens is 2. The van der Waals surface area contributed by atoms with E-state index in [4.69, 9.17) is 22.1 Å². The van der Waals surface area contributed by atoms with Gasteiger partial charge in [-0.1, -0.05) is 0 Å². The van der Waals surface area contributed by atoms with Gasteiger partial charge in [0.15, 0.2) is 0 Å². The van der Waals surface area contributed by atoms with Crippen molar-refractivity contribution in [1.29, 1.82) is 0 Å². The highest BCUT2D eigenvalue weighted by Gasteiger charge is 2.10. The number of nitrogens with two attached hydrogens (primary N) is 1. The van der Waals surface area contributed by atoms with Crippen LogP contribution in [-0.2, 0) is 0 Å². The van der Waals surface area contributed by atoms with Crippen molar-refractivity contribution in [3.05, 3.63) is 35.2 Å². The van der Waals surface area contributed by atoms with Crippen molar-refractivity contribution in [1.82, 2.24) is 9.97 Å². The minimum Gasteiger partial charge on any atom is -0.437 e. The van der Waals surface area contributed by atoms with Gasteiger partial charge in [0, 0.05) is 4.90 Å². The molecule has 0 unspecified atom stereocenters. The number of nitrogen functional groups attached to an aromatic ring is 1. The predicted molar refractivity (Wildman–Crippen MR) is 74.5 cm³/mol. The zero-order valence-corrected chi connectivity index (χ0v) is 11.5. The molecule has 0 aliphatic heterocycles. The van der Waals surface area contributed by atoms with E-state index >= 15 is 0 Å². The molecule has 0 fully saturated rings. The molecule has 94 valence electrons. The third-order valence-corrected chi connectivity index (χ3v) is 3.26. The lowest BCUT2D eigenvalue weighted by Gasteiger charge is -2.09. The molecule has 18 heavy (non-hydrogen) atoms. The molecule has 1 aromatic carbocycles. The highest BCUT2D eigenvalue weighted by molar-refractivity contribution is 7.98. The molecule has 0 saturated heterocycles. The van der Waals surface area contributed by atoms with Crippen LogP contribution in [0.1, 0.15) is 5.69 Å². The van der Waals surface area contributed by atoms with Gasteiger partial charge in [0.2, 0.25) is 11.2 Å². The smallest absolute Gasteiger partial charge is 0.247 e. The number of halogens is 1. The van der Waals surface area contributed by atoms with Crippen LogP contribution in [-0.4, -0.2) is 16.2 Å². The lowest BCUT2D eigenvalue weighted by atomic mass is 10.3. The lowest BCUT2D eigenvalue weighted by Crippen LogP contribution is -2.00. The average molecular weight is 282 g/mol. The molecule has 0 atom stereocenters. The minimum absolute atomic E-state index is 0.123. The maximum absolute atomic E-state index is 5.84. The molecule has 4 nitrogen and oxygen atoms in total. The van der Waals surface area contributed by atoms with Crippen molar-refractivity contribution in [2.75, 3.05) is 12.0 Å². The van der Waals surface area contributed by atoms with Gasteiger partial charge in [-0.2, -0.15) is 4.98 Å². The highest BCUT2D eigenvalue weighted by atomic mass is 35.5. The van der Waals surface area contributed by atoms with Gasteiger partial charge in [0.05, 0.1) is 5.69 Å². The molecule has 0 radical (unpaired) electrons. The summed E-state index contributed by atoms with van der Waals surface area (Å²) in [5.74, 6) is 0.943. The molecule has 0 bridgehead atoms. The van der Waals surface area contributed by atoms with Crippen molar-refractivity contribution in [3.8, 4) is 11.6 Å². The Hall–Kier alpha value is -1.46. The van der Waals surface area contributed by atoms with E-state index in [1.807, 2.05) is 30.5 Å². The molecule has 0 aliphatic rings. The molecule has 0 saturated carbocycles. The second-order valence-electron chi connectivity index (χ2n) is 3.57. The minimum atomic E-state index is 0.123. The third-order valence-electron chi connectivity index (χ3n) is 2.35. The van der Waals surface area contributed by atoms with Gasteiger partial charge in [-0.05, 0) is 49.0 Å². The summed E-state index contributed by atoms with van der Waals surface area (Å²) in [4.78, 5) is 9.08. The van der Waals surface area contributed by atoms with Gasteiger partial charge in [-0.25, -0.2) is 4.98 Å². The Kier molecular flexibility index (Phi) is 3.93. The summed E-state index contributed by atoms with van der Waals surface area (Å²) in [5.41, 5.74) is 6.84. The van der Waals surface area contributed by atoms with E-state index in [2.05, 4.69) is 9.97 Å². The van der Waals surface area contributed by atoms with Gasteiger partial charge >= 0.3 is 0 Å². The molecule has 2 rings (SSSR count). The zero-order chi connectivity index (χ0) is 13.1. The van der Waals surface area contributed by atoms with E-state index in [1.54, 1.807) is 18.7 Å². The fourth-order valence-corrected chi connectivity index (χ4v) is 1.97. The number of anilines is 1. The van der Waals surface area contributed by atoms with Crippen LogP contribution in [0.2, 0.25) is 5.28 Å². The van der Waals surface area contributed by atoms with Crippen LogP contribution < -0.4 is 10.5 Å². The van der Waals surface area contributed by atoms with Crippen molar-refractivity contribution >= 4 is 29.1 Å². The largest absolute Gasteiger partial charge is 0.437 e. The molecule has 0 spiro atoms. The van der Waals surface area contributed by atoms with Gasteiger partial charge in [-0.15, -0.1) is 11.8 Å². The summed E-state index contributed by atoms with van der Waals surface area (Å²) < 4.78 is 5.60. The third kappa shape index (κ3) is 2.86. The van der Waals surface area contributed by atoms with Gasteiger partial charge in [0.25, 0.3) is 0 Å². The van der Waals surface area contributed by atoms with E-state index in [0.29, 0.717) is 17.1 Å². The Morgan fingerprint density at radius 2 is 1.89 bits per heavy atom. The highest BCUT2D eigenvalue weighted by Crippen LogP contribution is 2.29. The summed E-state index contributed by atoms with van der Waals surface area (Å²) in [7, 11) is 0. The topological polar surface area (TPSA) is 61.0 Å². The zero-order valence-electron chi connectivity index (χ0n) is 9.98. The van der Waals surface area contributed by atoms with Gasteiger partial charge in [0.1, 0.15) is 11.4 Å². The Morgan fingerprint density at radius 3 is 2.50 bits per heavy atom. The number of hydrogen-bond acceptors (Lipinski definition) is 5. The van der Waals surface area contributed by atoms with Crippen LogP contribution in [0.15, 0.2) is 29.2 Å². The number of benzene rings is 1. The summed E-state index contributed by atoms with van der Waals surface area (Å²) in [5, 5.41) is 0.123. The molecular weight excluding hydrogens is 270 g/mol. The SMILES string of the molecule is CSc1ccc(Oc2nc(Cl)nc(C)c2N)cc1. The van der Waals surface area contributed by atoms with E-state index in [-0.39, 0.29) is 11.2 Å². The van der Waals surface area contributed by atoms with Crippen LogP contribution in [0.25, 0.3) is 0 Å². The Balaban J connectivity index is 2.27. The first-order valence-corrected chi connectivity index (χ1v) is 6.82. The van der Waals surface area contributed by atoms with Crippen LogP contribution in [0.5, 0.6) is 11.6 Å². The number of thioether (sulfide) groups is 1. The molecule has 6 heteroatoms. The molecular formula is C12H12ClN3OS. The van der Waals surface area contributed by atoms with Crippen LogP contribution in [0, 0.1) is 6.92 Å².